The van der Waals surface area contributed by atoms with Crippen molar-refractivity contribution in [1.82, 2.24) is 0 Å². The molecule has 0 saturated carbocycles. The Morgan fingerprint density at radius 3 is 2.12 bits per heavy atom. The number of hydrogen-bond donors (Lipinski definition) is 1. The number of carbonyl (C=O) groups is 1. The number of carbonyl (C=O) groups excluding carboxylic acids is 1. The smallest absolute Gasteiger partial charge is 0.289 e. The predicted molar refractivity (Wildman–Crippen MR) is 79.8 cm³/mol. The van der Waals surface area contributed by atoms with Crippen molar-refractivity contribution in [1.29, 1.82) is 0 Å². The zero-order chi connectivity index (χ0) is 18.0. The predicted octanol–water partition coefficient (Wildman–Crippen LogP) is 3.52. The van der Waals surface area contributed by atoms with E-state index in [9.17, 15) is 30.8 Å². The third kappa shape index (κ3) is 4.10. The van der Waals surface area contributed by atoms with Crippen molar-refractivity contribution in [2.75, 3.05) is 4.72 Å². The molecule has 2 rings (SSSR count). The third-order valence-corrected chi connectivity index (χ3v) is 4.28. The first-order chi connectivity index (χ1) is 11.1. The van der Waals surface area contributed by atoms with Gasteiger partial charge >= 0.3 is 11.7 Å². The standard InChI is InChI=1S/C15H11F4NO3S/c16-14(15(17,18)19)24(22,23)20-12-8-4-7-11(9-12)13(21)10-5-2-1-3-6-10/h1-9,14,20H. The summed E-state index contributed by atoms with van der Waals surface area (Å²) in [7, 11) is -5.33. The van der Waals surface area contributed by atoms with Crippen LogP contribution in [0.25, 0.3) is 0 Å². The SMILES string of the molecule is O=C(c1ccccc1)c1cccc(NS(=O)(=O)C(F)C(F)(F)F)c1. The van der Waals surface area contributed by atoms with E-state index in [0.29, 0.717) is 5.56 Å². The third-order valence-electron chi connectivity index (χ3n) is 2.95. The van der Waals surface area contributed by atoms with Gasteiger partial charge in [0.2, 0.25) is 0 Å². The molecule has 0 aromatic heterocycles. The summed E-state index contributed by atoms with van der Waals surface area (Å²) in [6.45, 7) is 0. The Balaban J connectivity index is 2.27. The fraction of sp³-hybridized carbons (Fsp3) is 0.133. The Kier molecular flexibility index (Phi) is 4.93. The van der Waals surface area contributed by atoms with Gasteiger partial charge in [0.15, 0.2) is 5.78 Å². The molecule has 0 fully saturated rings. The highest BCUT2D eigenvalue weighted by molar-refractivity contribution is 7.93. The molecule has 0 radical (unpaired) electrons. The second-order valence-electron chi connectivity index (χ2n) is 4.78. The first kappa shape index (κ1) is 17.9. The molecule has 0 spiro atoms. The molecule has 4 nitrogen and oxygen atoms in total. The summed E-state index contributed by atoms with van der Waals surface area (Å²) >= 11 is 0. The Morgan fingerprint density at radius 2 is 1.54 bits per heavy atom. The maximum absolute atomic E-state index is 13.1. The van der Waals surface area contributed by atoms with Crippen molar-refractivity contribution in [2.24, 2.45) is 0 Å². The minimum absolute atomic E-state index is 0.0452. The van der Waals surface area contributed by atoms with Crippen LogP contribution in [0.1, 0.15) is 15.9 Å². The molecule has 2 aromatic rings. The van der Waals surface area contributed by atoms with Gasteiger partial charge in [-0.25, -0.2) is 12.8 Å². The number of anilines is 1. The monoisotopic (exact) mass is 361 g/mol. The highest BCUT2D eigenvalue weighted by Gasteiger charge is 2.49. The van der Waals surface area contributed by atoms with Crippen LogP contribution in [0.5, 0.6) is 0 Å². The molecule has 0 aliphatic carbocycles. The van der Waals surface area contributed by atoms with Crippen LogP contribution in [0.4, 0.5) is 23.2 Å². The van der Waals surface area contributed by atoms with Gasteiger partial charge in [-0.2, -0.15) is 13.2 Å². The van der Waals surface area contributed by atoms with Crippen molar-refractivity contribution >= 4 is 21.5 Å². The van der Waals surface area contributed by atoms with Crippen LogP contribution < -0.4 is 4.72 Å². The molecule has 0 amide bonds. The summed E-state index contributed by atoms with van der Waals surface area (Å²) in [6.07, 6.45) is -5.55. The number of halogens is 4. The quantitative estimate of drug-likeness (QED) is 0.655. The Labute approximate surface area is 135 Å². The highest BCUT2D eigenvalue weighted by Crippen LogP contribution is 2.28. The lowest BCUT2D eigenvalue weighted by atomic mass is 10.0. The molecule has 2 aromatic carbocycles. The number of nitrogens with one attached hydrogen (secondary N) is 1. The summed E-state index contributed by atoms with van der Waals surface area (Å²) in [5.41, 5.74) is -4.05. The Morgan fingerprint density at radius 1 is 0.958 bits per heavy atom. The zero-order valence-electron chi connectivity index (χ0n) is 11.9. The second kappa shape index (κ2) is 6.60. The molecular weight excluding hydrogens is 350 g/mol. The minimum atomic E-state index is -5.55. The molecule has 1 N–H and O–H groups in total. The zero-order valence-corrected chi connectivity index (χ0v) is 12.7. The normalized spacial score (nSPS) is 13.3. The molecule has 1 unspecified atom stereocenters. The van der Waals surface area contributed by atoms with Crippen LogP contribution in [0.2, 0.25) is 0 Å². The van der Waals surface area contributed by atoms with Gasteiger partial charge in [0.05, 0.1) is 0 Å². The minimum Gasteiger partial charge on any atom is -0.289 e. The van der Waals surface area contributed by atoms with E-state index in [-0.39, 0.29) is 11.3 Å². The van der Waals surface area contributed by atoms with Crippen molar-refractivity contribution in [3.05, 3.63) is 65.7 Å². The van der Waals surface area contributed by atoms with Gasteiger partial charge in [0.1, 0.15) is 0 Å². The molecule has 0 saturated heterocycles. The molecule has 128 valence electrons. The van der Waals surface area contributed by atoms with Gasteiger partial charge in [-0.05, 0) is 12.1 Å². The molecular formula is C15H11F4NO3S. The Bertz CT molecular complexity index is 835. The van der Waals surface area contributed by atoms with Gasteiger partial charge < -0.3 is 0 Å². The van der Waals surface area contributed by atoms with Crippen LogP contribution in [-0.4, -0.2) is 25.9 Å². The van der Waals surface area contributed by atoms with Crippen LogP contribution in [0.3, 0.4) is 0 Å². The first-order valence-electron chi connectivity index (χ1n) is 6.53. The average Bonchev–Trinajstić information content (AvgIpc) is 2.53. The second-order valence-corrected chi connectivity index (χ2v) is 6.49. The van der Waals surface area contributed by atoms with Crippen LogP contribution in [0, 0.1) is 0 Å². The van der Waals surface area contributed by atoms with E-state index in [0.717, 1.165) is 12.1 Å². The van der Waals surface area contributed by atoms with Gasteiger partial charge in [-0.3, -0.25) is 9.52 Å². The fourth-order valence-corrected chi connectivity index (χ4v) is 2.78. The fourth-order valence-electron chi connectivity index (χ4n) is 1.87. The number of ketones is 1. The van der Waals surface area contributed by atoms with Crippen molar-refractivity contribution in [2.45, 2.75) is 11.7 Å². The number of benzene rings is 2. The first-order valence-corrected chi connectivity index (χ1v) is 8.08. The molecule has 1 atom stereocenters. The van der Waals surface area contributed by atoms with E-state index < -0.39 is 27.5 Å². The topological polar surface area (TPSA) is 63.2 Å². The number of alkyl halides is 4. The molecule has 24 heavy (non-hydrogen) atoms. The van der Waals surface area contributed by atoms with E-state index in [2.05, 4.69) is 0 Å². The largest absolute Gasteiger partial charge is 0.436 e. The average molecular weight is 361 g/mol. The molecule has 0 aliphatic rings. The summed E-state index contributed by atoms with van der Waals surface area (Å²) < 4.78 is 74.0. The number of sulfonamides is 1. The lowest BCUT2D eigenvalue weighted by Gasteiger charge is -2.15. The highest BCUT2D eigenvalue weighted by atomic mass is 32.2. The van der Waals surface area contributed by atoms with Crippen molar-refractivity contribution < 1.29 is 30.8 Å². The summed E-state index contributed by atoms with van der Waals surface area (Å²) in [5.74, 6) is -0.454. The van der Waals surface area contributed by atoms with Gasteiger partial charge in [0, 0.05) is 16.8 Å². The molecule has 0 heterocycles. The van der Waals surface area contributed by atoms with Crippen LogP contribution in [-0.2, 0) is 10.0 Å². The maximum Gasteiger partial charge on any atom is 0.436 e. The molecule has 9 heteroatoms. The Hall–Kier alpha value is -2.42. The van der Waals surface area contributed by atoms with Gasteiger partial charge in [0.25, 0.3) is 10.0 Å². The van der Waals surface area contributed by atoms with Crippen LogP contribution in [0.15, 0.2) is 54.6 Å². The maximum atomic E-state index is 13.1. The van der Waals surface area contributed by atoms with Crippen LogP contribution >= 0.6 is 0 Å². The number of rotatable bonds is 5. The summed E-state index contributed by atoms with van der Waals surface area (Å²) in [4.78, 5) is 12.2. The number of hydrogen-bond acceptors (Lipinski definition) is 3. The summed E-state index contributed by atoms with van der Waals surface area (Å²) in [6, 6.07) is 12.8. The van der Waals surface area contributed by atoms with Crippen molar-refractivity contribution in [3.63, 3.8) is 0 Å². The molecule has 0 bridgehead atoms. The van der Waals surface area contributed by atoms with E-state index in [4.69, 9.17) is 0 Å². The summed E-state index contributed by atoms with van der Waals surface area (Å²) in [5, 5.41) is 0. The van der Waals surface area contributed by atoms with Gasteiger partial charge in [-0.15, -0.1) is 0 Å². The lowest BCUT2D eigenvalue weighted by Crippen LogP contribution is -2.36. The van der Waals surface area contributed by atoms with Gasteiger partial charge in [-0.1, -0.05) is 42.5 Å². The van der Waals surface area contributed by atoms with E-state index in [1.807, 2.05) is 0 Å². The van der Waals surface area contributed by atoms with E-state index in [1.165, 1.54) is 29.0 Å². The van der Waals surface area contributed by atoms with E-state index in [1.54, 1.807) is 18.2 Å². The lowest BCUT2D eigenvalue weighted by molar-refractivity contribution is -0.156. The molecule has 0 aliphatic heterocycles. The van der Waals surface area contributed by atoms with E-state index >= 15 is 0 Å². The van der Waals surface area contributed by atoms with Crippen molar-refractivity contribution in [3.8, 4) is 0 Å².